The van der Waals surface area contributed by atoms with Gasteiger partial charge < -0.3 is 9.30 Å². The Labute approximate surface area is 300 Å². The summed E-state index contributed by atoms with van der Waals surface area (Å²) < 4.78 is 9.48. The topological polar surface area (TPSA) is 26.5 Å². The van der Waals surface area contributed by atoms with E-state index in [1.165, 1.54) is 0 Å². The van der Waals surface area contributed by atoms with Crippen LogP contribution in [0.15, 0.2) is 163 Å². The molecule has 5 aromatic carbocycles. The maximum absolute atomic E-state index is 7.36. The molecule has 49 heavy (non-hydrogen) atoms. The van der Waals surface area contributed by atoms with E-state index in [1.807, 2.05) is 60.9 Å². The van der Waals surface area contributed by atoms with Crippen LogP contribution in [-0.4, -0.2) is 16.4 Å². The molecule has 1 unspecified atom stereocenters. The van der Waals surface area contributed by atoms with Gasteiger partial charge in [0.25, 0.3) is 0 Å². The summed E-state index contributed by atoms with van der Waals surface area (Å²) in [7, 11) is 0. The third-order valence-electron chi connectivity index (χ3n) is 8.20. The maximum Gasteiger partial charge on any atom is 0.158 e. The summed E-state index contributed by atoms with van der Waals surface area (Å²) >= 11 is 13.4. The lowest BCUT2D eigenvalue weighted by molar-refractivity contribution is 0.247. The average Bonchev–Trinajstić information content (AvgIpc) is 3.63. The van der Waals surface area contributed by atoms with Crippen molar-refractivity contribution in [3.8, 4) is 39.1 Å². The Morgan fingerprint density at radius 2 is 1.18 bits per heavy atom. The lowest BCUT2D eigenvalue weighted by atomic mass is 9.91. The van der Waals surface area contributed by atoms with E-state index in [2.05, 4.69) is 122 Å². The van der Waals surface area contributed by atoms with Crippen molar-refractivity contribution in [2.45, 2.75) is 39.8 Å². The molecule has 0 fully saturated rings. The van der Waals surface area contributed by atoms with E-state index in [0.717, 1.165) is 51.3 Å². The minimum Gasteiger partial charge on any atom is -0.481 e. The van der Waals surface area contributed by atoms with E-state index in [9.17, 15) is 0 Å². The van der Waals surface area contributed by atoms with Gasteiger partial charge in [-0.15, -0.1) is 0 Å². The van der Waals surface area contributed by atoms with Crippen molar-refractivity contribution in [3.05, 3.63) is 168 Å². The molecule has 0 saturated carbocycles. The molecule has 3 nitrogen and oxygen atoms in total. The van der Waals surface area contributed by atoms with Crippen molar-refractivity contribution in [2.24, 2.45) is 10.4 Å². The van der Waals surface area contributed by atoms with Gasteiger partial charge >= 0.3 is 0 Å². The number of benzene rings is 5. The van der Waals surface area contributed by atoms with Crippen LogP contribution in [0.2, 0.25) is 10.0 Å². The highest BCUT2D eigenvalue weighted by Gasteiger charge is 2.24. The lowest BCUT2D eigenvalue weighted by Crippen LogP contribution is -2.31. The highest BCUT2D eigenvalue weighted by molar-refractivity contribution is 6.39. The normalized spacial score (nSPS) is 12.7. The number of aromatic nitrogens is 1. The summed E-state index contributed by atoms with van der Waals surface area (Å²) in [6.45, 7) is 7.18. The number of rotatable bonds is 11. The van der Waals surface area contributed by atoms with Gasteiger partial charge in [-0.25, -0.2) is 4.99 Å². The Balaban J connectivity index is 1.59. The number of halogens is 2. The van der Waals surface area contributed by atoms with E-state index < -0.39 is 6.10 Å². The Bertz CT molecular complexity index is 1950. The number of para-hydroxylation sites is 1. The summed E-state index contributed by atoms with van der Waals surface area (Å²) in [4.78, 5) is 5.15. The molecule has 6 rings (SSSR count). The number of ether oxygens (including phenoxy) is 1. The zero-order chi connectivity index (χ0) is 34.2. The number of hydrogen-bond acceptors (Lipinski definition) is 2. The van der Waals surface area contributed by atoms with Crippen molar-refractivity contribution in [2.75, 3.05) is 0 Å². The highest BCUT2D eigenvalue weighted by atomic mass is 35.5. The quantitative estimate of drug-likeness (QED) is 0.125. The van der Waals surface area contributed by atoms with Crippen LogP contribution in [-0.2, 0) is 6.54 Å². The monoisotopic (exact) mass is 682 g/mol. The van der Waals surface area contributed by atoms with Crippen molar-refractivity contribution >= 4 is 34.6 Å². The van der Waals surface area contributed by atoms with Crippen molar-refractivity contribution in [1.82, 2.24) is 4.57 Å². The summed E-state index contributed by atoms with van der Waals surface area (Å²) in [6.07, 6.45) is 8.68. The minimum atomic E-state index is -0.511. The molecule has 5 heteroatoms. The smallest absolute Gasteiger partial charge is 0.158 e. The van der Waals surface area contributed by atoms with Gasteiger partial charge in [-0.05, 0) is 76.6 Å². The molecule has 0 aliphatic rings. The minimum absolute atomic E-state index is 0.0919. The van der Waals surface area contributed by atoms with Gasteiger partial charge in [0.2, 0.25) is 0 Å². The van der Waals surface area contributed by atoms with Gasteiger partial charge in [-0.1, -0.05) is 147 Å². The average molecular weight is 684 g/mol. The van der Waals surface area contributed by atoms with Gasteiger partial charge in [0.15, 0.2) is 6.10 Å². The zero-order valence-corrected chi connectivity index (χ0v) is 29.6. The fourth-order valence-corrected chi connectivity index (χ4v) is 6.19. The van der Waals surface area contributed by atoms with Crippen molar-refractivity contribution < 1.29 is 4.74 Å². The molecule has 0 amide bonds. The SMILES string of the molecule is CC(C)(C)C/C=C/C(=Nc1c(Cl)cccc1Cl)C(Cn1cccc1)Oc1c(-c2ccccc2)cc(-c2ccccc2)cc1-c1ccccc1. The summed E-state index contributed by atoms with van der Waals surface area (Å²) in [5, 5.41) is 0.965. The molecule has 0 aliphatic heterocycles. The largest absolute Gasteiger partial charge is 0.481 e. The lowest BCUT2D eigenvalue weighted by Gasteiger charge is -2.26. The standard InChI is InChI=1S/C44H40Cl2N2O/c1-44(2,3)26-16-25-40(47-42-38(45)23-15-24-39(42)46)41(31-48-27-13-14-28-48)49-43-36(33-19-9-5-10-20-33)29-35(32-17-7-4-8-18-32)30-37(43)34-21-11-6-12-22-34/h4-25,27-30,41H,26,31H2,1-3H3/b25-16+,47-40?. The first-order chi connectivity index (χ1) is 23.7. The molecule has 0 aliphatic carbocycles. The zero-order valence-electron chi connectivity index (χ0n) is 28.1. The van der Waals surface area contributed by atoms with Crippen LogP contribution < -0.4 is 4.74 Å². The molecule has 0 radical (unpaired) electrons. The second-order valence-corrected chi connectivity index (χ2v) is 14.1. The van der Waals surface area contributed by atoms with Gasteiger partial charge in [0, 0.05) is 23.5 Å². The molecule has 246 valence electrons. The van der Waals surface area contributed by atoms with Crippen LogP contribution in [0.1, 0.15) is 27.2 Å². The molecule has 0 saturated heterocycles. The van der Waals surface area contributed by atoms with Crippen LogP contribution in [0.3, 0.4) is 0 Å². The fourth-order valence-electron chi connectivity index (χ4n) is 5.71. The van der Waals surface area contributed by atoms with Crippen LogP contribution in [0, 0.1) is 5.41 Å². The molecule has 1 aromatic heterocycles. The third-order valence-corrected chi connectivity index (χ3v) is 8.81. The maximum atomic E-state index is 7.36. The Kier molecular flexibility index (Phi) is 10.8. The van der Waals surface area contributed by atoms with E-state index in [1.54, 1.807) is 0 Å². The highest BCUT2D eigenvalue weighted by Crippen LogP contribution is 2.44. The van der Waals surface area contributed by atoms with E-state index in [0.29, 0.717) is 22.3 Å². The molecule has 0 N–H and O–H groups in total. The van der Waals surface area contributed by atoms with E-state index in [4.69, 9.17) is 32.9 Å². The summed E-state index contributed by atoms with van der Waals surface area (Å²) in [5.74, 6) is 0.774. The van der Waals surface area contributed by atoms with Crippen LogP contribution in [0.4, 0.5) is 5.69 Å². The molecule has 0 bridgehead atoms. The molecular formula is C44H40Cl2N2O. The van der Waals surface area contributed by atoms with E-state index in [-0.39, 0.29) is 5.41 Å². The van der Waals surface area contributed by atoms with Crippen LogP contribution >= 0.6 is 23.2 Å². The first-order valence-electron chi connectivity index (χ1n) is 16.6. The van der Waals surface area contributed by atoms with Crippen LogP contribution in [0.5, 0.6) is 5.75 Å². The number of aliphatic imine (C=N–C) groups is 1. The number of hydrogen-bond donors (Lipinski definition) is 0. The Morgan fingerprint density at radius 3 is 1.69 bits per heavy atom. The summed E-state index contributed by atoms with van der Waals surface area (Å²) in [5.41, 5.74) is 7.67. The van der Waals surface area contributed by atoms with Crippen molar-refractivity contribution in [3.63, 3.8) is 0 Å². The molecule has 6 aromatic rings. The number of nitrogens with zero attached hydrogens (tertiary/aromatic N) is 2. The third kappa shape index (κ3) is 8.80. The molecular weight excluding hydrogens is 643 g/mol. The molecule has 0 spiro atoms. The van der Waals surface area contributed by atoms with Crippen LogP contribution in [0.25, 0.3) is 33.4 Å². The van der Waals surface area contributed by atoms with E-state index >= 15 is 0 Å². The van der Waals surface area contributed by atoms with Crippen molar-refractivity contribution in [1.29, 1.82) is 0 Å². The molecule has 1 atom stereocenters. The first kappa shape index (κ1) is 34.0. The fraction of sp³-hybridized carbons (Fsp3) is 0.159. The second-order valence-electron chi connectivity index (χ2n) is 13.3. The Hall–Kier alpha value is -4.83. The van der Waals surface area contributed by atoms with Gasteiger partial charge in [0.1, 0.15) is 11.4 Å². The van der Waals surface area contributed by atoms with Gasteiger partial charge in [0.05, 0.1) is 22.3 Å². The predicted octanol–water partition coefficient (Wildman–Crippen LogP) is 13.0. The van der Waals surface area contributed by atoms with Gasteiger partial charge in [-0.2, -0.15) is 0 Å². The number of allylic oxidation sites excluding steroid dienone is 1. The summed E-state index contributed by atoms with van der Waals surface area (Å²) in [6, 6.07) is 45.3. The first-order valence-corrected chi connectivity index (χ1v) is 17.3. The second kappa shape index (κ2) is 15.6. The molecule has 1 heterocycles. The predicted molar refractivity (Wildman–Crippen MR) is 208 cm³/mol. The van der Waals surface area contributed by atoms with Gasteiger partial charge in [-0.3, -0.25) is 0 Å². The Morgan fingerprint density at radius 1 is 0.673 bits per heavy atom.